The molecule has 1 fully saturated rings. The lowest BCUT2D eigenvalue weighted by Gasteiger charge is -2.30. The molecule has 5 nitrogen and oxygen atoms in total. The largest absolute Gasteiger partial charge is 0.478 e. The molecule has 0 atom stereocenters. The number of nitrogens with zero attached hydrogens (tertiary/aromatic N) is 2. The number of pyridine rings is 1. The average Bonchev–Trinajstić information content (AvgIpc) is 2.40. The third-order valence-corrected chi connectivity index (χ3v) is 3.10. The van der Waals surface area contributed by atoms with E-state index in [9.17, 15) is 4.79 Å². The van der Waals surface area contributed by atoms with Crippen LogP contribution in [0.1, 0.15) is 30.1 Å². The van der Waals surface area contributed by atoms with E-state index >= 15 is 0 Å². The zero-order valence-electron chi connectivity index (χ0n) is 10.6. The lowest BCUT2D eigenvalue weighted by Crippen LogP contribution is -2.42. The van der Waals surface area contributed by atoms with Crippen molar-refractivity contribution in [3.8, 4) is 5.88 Å². The van der Waals surface area contributed by atoms with Gasteiger partial charge in [0.15, 0.2) is 0 Å². The van der Waals surface area contributed by atoms with Gasteiger partial charge in [-0.15, -0.1) is 0 Å². The van der Waals surface area contributed by atoms with Crippen LogP contribution in [0.15, 0.2) is 18.3 Å². The first-order valence-electron chi connectivity index (χ1n) is 6.34. The highest BCUT2D eigenvalue weighted by Crippen LogP contribution is 2.14. The van der Waals surface area contributed by atoms with Crippen molar-refractivity contribution in [2.24, 2.45) is 5.73 Å². The molecule has 2 N–H and O–H groups in total. The fraction of sp³-hybridized carbons (Fsp3) is 0.538. The molecule has 1 saturated heterocycles. The van der Waals surface area contributed by atoms with E-state index in [0.29, 0.717) is 18.1 Å². The van der Waals surface area contributed by atoms with Gasteiger partial charge >= 0.3 is 0 Å². The molecule has 1 aliphatic heterocycles. The highest BCUT2D eigenvalue weighted by molar-refractivity contribution is 5.94. The maximum Gasteiger partial charge on any atom is 0.255 e. The van der Waals surface area contributed by atoms with E-state index in [1.807, 2.05) is 11.8 Å². The Bertz CT molecular complexity index is 397. The number of amides is 1. The number of likely N-dealkylation sites (tertiary alicyclic amines) is 1. The molecular formula is C13H19N3O2. The van der Waals surface area contributed by atoms with Crippen LogP contribution < -0.4 is 10.5 Å². The summed E-state index contributed by atoms with van der Waals surface area (Å²) in [6, 6.07) is 3.72. The molecule has 0 aromatic carbocycles. The molecule has 2 heterocycles. The van der Waals surface area contributed by atoms with Gasteiger partial charge in [0, 0.05) is 31.4 Å². The summed E-state index contributed by atoms with van der Waals surface area (Å²) in [5.74, 6) is 0.576. The van der Waals surface area contributed by atoms with Crippen molar-refractivity contribution < 1.29 is 9.53 Å². The summed E-state index contributed by atoms with van der Waals surface area (Å²) in [5.41, 5.74) is 6.43. The lowest BCUT2D eigenvalue weighted by atomic mass is 10.1. The third kappa shape index (κ3) is 2.98. The SMILES string of the molecule is CCOc1ccc(C(=O)N2CCC(N)CC2)cn1. The van der Waals surface area contributed by atoms with E-state index in [2.05, 4.69) is 4.98 Å². The molecule has 5 heteroatoms. The molecule has 98 valence electrons. The Balaban J connectivity index is 2.00. The normalized spacial score (nSPS) is 16.7. The summed E-state index contributed by atoms with van der Waals surface area (Å²) in [6.45, 7) is 3.93. The molecule has 1 amide bonds. The number of nitrogens with two attached hydrogens (primary N) is 1. The minimum Gasteiger partial charge on any atom is -0.478 e. The Morgan fingerprint density at radius 2 is 2.22 bits per heavy atom. The second-order valence-corrected chi connectivity index (χ2v) is 4.45. The molecule has 0 spiro atoms. The third-order valence-electron chi connectivity index (χ3n) is 3.10. The maximum atomic E-state index is 12.2. The van der Waals surface area contributed by atoms with Gasteiger partial charge in [0.1, 0.15) is 0 Å². The number of hydrogen-bond acceptors (Lipinski definition) is 4. The molecule has 1 aromatic rings. The van der Waals surface area contributed by atoms with Crippen LogP contribution in [0.2, 0.25) is 0 Å². The Labute approximate surface area is 107 Å². The summed E-state index contributed by atoms with van der Waals surface area (Å²) in [4.78, 5) is 18.1. The van der Waals surface area contributed by atoms with E-state index in [1.54, 1.807) is 18.3 Å². The summed E-state index contributed by atoms with van der Waals surface area (Å²) < 4.78 is 5.25. The Hall–Kier alpha value is -1.62. The lowest BCUT2D eigenvalue weighted by molar-refractivity contribution is 0.0714. The topological polar surface area (TPSA) is 68.5 Å². The number of rotatable bonds is 3. The van der Waals surface area contributed by atoms with Crippen LogP contribution in [0, 0.1) is 0 Å². The fourth-order valence-corrected chi connectivity index (χ4v) is 2.03. The zero-order valence-corrected chi connectivity index (χ0v) is 10.6. The van der Waals surface area contributed by atoms with Crippen LogP contribution in [0.5, 0.6) is 5.88 Å². The molecule has 0 radical (unpaired) electrons. The van der Waals surface area contributed by atoms with Crippen LogP contribution in [0.4, 0.5) is 0 Å². The number of aromatic nitrogens is 1. The summed E-state index contributed by atoms with van der Waals surface area (Å²) in [5, 5.41) is 0. The quantitative estimate of drug-likeness (QED) is 0.869. The van der Waals surface area contributed by atoms with Gasteiger partial charge in [-0.2, -0.15) is 0 Å². The van der Waals surface area contributed by atoms with E-state index in [0.717, 1.165) is 25.9 Å². The highest BCUT2D eigenvalue weighted by Gasteiger charge is 2.21. The van der Waals surface area contributed by atoms with Crippen LogP contribution in [0.3, 0.4) is 0 Å². The first kappa shape index (κ1) is 12.8. The fourth-order valence-electron chi connectivity index (χ4n) is 2.03. The van der Waals surface area contributed by atoms with E-state index in [-0.39, 0.29) is 11.9 Å². The molecule has 0 aliphatic carbocycles. The van der Waals surface area contributed by atoms with Crippen molar-refractivity contribution in [3.05, 3.63) is 23.9 Å². The highest BCUT2D eigenvalue weighted by atomic mass is 16.5. The minimum atomic E-state index is 0.0254. The van der Waals surface area contributed by atoms with Crippen molar-refractivity contribution in [3.63, 3.8) is 0 Å². The second-order valence-electron chi connectivity index (χ2n) is 4.45. The summed E-state index contributed by atoms with van der Waals surface area (Å²) in [6.07, 6.45) is 3.31. The number of carbonyl (C=O) groups is 1. The number of hydrogen-bond donors (Lipinski definition) is 1. The van der Waals surface area contributed by atoms with Gasteiger partial charge in [0.2, 0.25) is 5.88 Å². The molecule has 0 bridgehead atoms. The predicted octanol–water partition coefficient (Wildman–Crippen LogP) is 1.04. The van der Waals surface area contributed by atoms with Gasteiger partial charge in [-0.1, -0.05) is 0 Å². The van der Waals surface area contributed by atoms with Gasteiger partial charge < -0.3 is 15.4 Å². The number of carbonyl (C=O) groups excluding carboxylic acids is 1. The first-order chi connectivity index (χ1) is 8.70. The monoisotopic (exact) mass is 249 g/mol. The zero-order chi connectivity index (χ0) is 13.0. The standard InChI is InChI=1S/C13H19N3O2/c1-2-18-12-4-3-10(9-15-12)13(17)16-7-5-11(14)6-8-16/h3-4,9,11H,2,5-8,14H2,1H3. The van der Waals surface area contributed by atoms with Crippen molar-refractivity contribution in [2.75, 3.05) is 19.7 Å². The molecule has 1 aliphatic rings. The summed E-state index contributed by atoms with van der Waals surface area (Å²) in [7, 11) is 0. The van der Waals surface area contributed by atoms with Crippen molar-refractivity contribution in [1.82, 2.24) is 9.88 Å². The smallest absolute Gasteiger partial charge is 0.255 e. The van der Waals surface area contributed by atoms with Crippen molar-refractivity contribution in [1.29, 1.82) is 0 Å². The van der Waals surface area contributed by atoms with Gasteiger partial charge in [0.25, 0.3) is 5.91 Å². The van der Waals surface area contributed by atoms with E-state index in [4.69, 9.17) is 10.5 Å². The summed E-state index contributed by atoms with van der Waals surface area (Å²) >= 11 is 0. The van der Waals surface area contributed by atoms with Gasteiger partial charge in [-0.05, 0) is 25.8 Å². The Kier molecular flexibility index (Phi) is 4.15. The van der Waals surface area contributed by atoms with Crippen LogP contribution >= 0.6 is 0 Å². The Morgan fingerprint density at radius 1 is 1.50 bits per heavy atom. The molecule has 0 saturated carbocycles. The minimum absolute atomic E-state index is 0.0254. The van der Waals surface area contributed by atoms with Gasteiger partial charge in [-0.3, -0.25) is 4.79 Å². The predicted molar refractivity (Wildman–Crippen MR) is 68.5 cm³/mol. The van der Waals surface area contributed by atoms with Gasteiger partial charge in [-0.25, -0.2) is 4.98 Å². The van der Waals surface area contributed by atoms with Crippen LogP contribution in [0.25, 0.3) is 0 Å². The molecule has 18 heavy (non-hydrogen) atoms. The molecular weight excluding hydrogens is 230 g/mol. The van der Waals surface area contributed by atoms with E-state index in [1.165, 1.54) is 0 Å². The van der Waals surface area contributed by atoms with Crippen LogP contribution in [-0.2, 0) is 0 Å². The number of piperidine rings is 1. The van der Waals surface area contributed by atoms with E-state index < -0.39 is 0 Å². The molecule has 2 rings (SSSR count). The maximum absolute atomic E-state index is 12.2. The molecule has 1 aromatic heterocycles. The van der Waals surface area contributed by atoms with Crippen molar-refractivity contribution >= 4 is 5.91 Å². The average molecular weight is 249 g/mol. The first-order valence-corrected chi connectivity index (χ1v) is 6.34. The van der Waals surface area contributed by atoms with Crippen molar-refractivity contribution in [2.45, 2.75) is 25.8 Å². The Morgan fingerprint density at radius 3 is 2.78 bits per heavy atom. The molecule has 0 unspecified atom stereocenters. The number of ether oxygens (including phenoxy) is 1. The second kappa shape index (κ2) is 5.82. The van der Waals surface area contributed by atoms with Gasteiger partial charge in [0.05, 0.1) is 12.2 Å². The van der Waals surface area contributed by atoms with Crippen LogP contribution in [-0.4, -0.2) is 41.5 Å².